The van der Waals surface area contributed by atoms with Crippen LogP contribution < -0.4 is 24.4 Å². The molecule has 0 saturated carbocycles. The van der Waals surface area contributed by atoms with Gasteiger partial charge in [-0.1, -0.05) is 0 Å². The number of nitrogens with one attached hydrogen (secondary N) is 1. The van der Waals surface area contributed by atoms with Gasteiger partial charge in [-0.15, -0.1) is 5.48 Å². The fraction of sp³-hybridized carbons (Fsp3) is 0.353. The predicted octanol–water partition coefficient (Wildman–Crippen LogP) is 2.44. The molecular formula is C17H21NO6. The van der Waals surface area contributed by atoms with E-state index in [-0.39, 0.29) is 6.54 Å². The molecule has 130 valence electrons. The van der Waals surface area contributed by atoms with Gasteiger partial charge in [0.15, 0.2) is 0 Å². The number of hydrogen-bond acceptors (Lipinski definition) is 7. The van der Waals surface area contributed by atoms with Gasteiger partial charge in [0.25, 0.3) is 0 Å². The fourth-order valence-electron chi connectivity index (χ4n) is 2.57. The van der Waals surface area contributed by atoms with Crippen LogP contribution >= 0.6 is 0 Å². The molecular weight excluding hydrogens is 314 g/mol. The average Bonchev–Trinajstić information content (AvgIpc) is 2.59. The summed E-state index contributed by atoms with van der Waals surface area (Å²) in [5, 5.41) is 1.46. The third-order valence-corrected chi connectivity index (χ3v) is 3.54. The number of methoxy groups -OCH3 is 4. The highest BCUT2D eigenvalue weighted by molar-refractivity contribution is 6.03. The maximum atomic E-state index is 10.9. The Balaban J connectivity index is 2.70. The van der Waals surface area contributed by atoms with Crippen LogP contribution in [-0.4, -0.2) is 34.4 Å². The fourth-order valence-corrected chi connectivity index (χ4v) is 2.57. The molecule has 0 radical (unpaired) electrons. The van der Waals surface area contributed by atoms with E-state index in [0.29, 0.717) is 23.0 Å². The summed E-state index contributed by atoms with van der Waals surface area (Å²) >= 11 is 0. The van der Waals surface area contributed by atoms with Crippen LogP contribution in [0, 0.1) is 0 Å². The van der Waals surface area contributed by atoms with Gasteiger partial charge in [-0.25, -0.2) is 0 Å². The highest BCUT2D eigenvalue weighted by Crippen LogP contribution is 2.46. The second kappa shape index (κ2) is 7.74. The smallest absolute Gasteiger partial charge is 0.321 e. The van der Waals surface area contributed by atoms with Gasteiger partial charge < -0.3 is 23.8 Å². The molecule has 2 aromatic rings. The van der Waals surface area contributed by atoms with Gasteiger partial charge in [-0.05, 0) is 18.2 Å². The zero-order valence-corrected chi connectivity index (χ0v) is 14.4. The molecule has 0 amide bonds. The van der Waals surface area contributed by atoms with Crippen molar-refractivity contribution in [3.05, 3.63) is 23.8 Å². The topological polar surface area (TPSA) is 75.3 Å². The van der Waals surface area contributed by atoms with E-state index in [4.69, 9.17) is 23.8 Å². The molecule has 2 rings (SSSR count). The van der Waals surface area contributed by atoms with Crippen molar-refractivity contribution in [1.82, 2.24) is 5.48 Å². The first-order valence-corrected chi connectivity index (χ1v) is 7.26. The lowest BCUT2D eigenvalue weighted by molar-refractivity contribution is -0.148. The largest absolute Gasteiger partial charge is 0.496 e. The molecule has 7 heteroatoms. The highest BCUT2D eigenvalue weighted by atomic mass is 16.7. The third kappa shape index (κ3) is 3.30. The second-order valence-corrected chi connectivity index (χ2v) is 4.91. The van der Waals surface area contributed by atoms with E-state index in [1.165, 1.54) is 6.92 Å². The first-order valence-electron chi connectivity index (χ1n) is 7.26. The SMILES string of the molecule is COc1ccc(OC)c2c(OC)c(CNOC(C)=O)cc(OC)c12. The summed E-state index contributed by atoms with van der Waals surface area (Å²) in [5.74, 6) is 2.01. The van der Waals surface area contributed by atoms with Gasteiger partial charge in [0.1, 0.15) is 23.0 Å². The molecule has 0 fully saturated rings. The first kappa shape index (κ1) is 17.7. The Morgan fingerprint density at radius 2 is 1.50 bits per heavy atom. The van der Waals surface area contributed by atoms with Gasteiger partial charge in [0.05, 0.1) is 45.8 Å². The van der Waals surface area contributed by atoms with Gasteiger partial charge in [0, 0.05) is 12.5 Å². The molecule has 0 aliphatic carbocycles. The molecule has 0 unspecified atom stereocenters. The van der Waals surface area contributed by atoms with Gasteiger partial charge in [-0.2, -0.15) is 0 Å². The normalized spacial score (nSPS) is 10.4. The zero-order chi connectivity index (χ0) is 17.7. The van der Waals surface area contributed by atoms with Crippen LogP contribution in [0.4, 0.5) is 0 Å². The quantitative estimate of drug-likeness (QED) is 0.779. The Bertz CT molecular complexity index is 744. The Hall–Kier alpha value is -2.67. The van der Waals surface area contributed by atoms with Crippen molar-refractivity contribution in [2.75, 3.05) is 28.4 Å². The summed E-state index contributed by atoms with van der Waals surface area (Å²) in [7, 11) is 6.30. The van der Waals surface area contributed by atoms with Gasteiger partial charge in [-0.3, -0.25) is 4.79 Å². The van der Waals surface area contributed by atoms with Crippen molar-refractivity contribution in [3.63, 3.8) is 0 Å². The maximum Gasteiger partial charge on any atom is 0.321 e. The van der Waals surface area contributed by atoms with Gasteiger partial charge in [0.2, 0.25) is 0 Å². The third-order valence-electron chi connectivity index (χ3n) is 3.54. The minimum Gasteiger partial charge on any atom is -0.496 e. The zero-order valence-electron chi connectivity index (χ0n) is 14.4. The number of fused-ring (bicyclic) bond motifs is 1. The van der Waals surface area contributed by atoms with Crippen molar-refractivity contribution >= 4 is 16.7 Å². The molecule has 0 aliphatic rings. The van der Waals surface area contributed by atoms with E-state index < -0.39 is 5.97 Å². The summed E-state index contributed by atoms with van der Waals surface area (Å²) in [6, 6.07) is 5.41. The molecule has 0 spiro atoms. The van der Waals surface area contributed by atoms with Crippen LogP contribution in [0.25, 0.3) is 10.8 Å². The summed E-state index contributed by atoms with van der Waals surface area (Å²) in [5.41, 5.74) is 3.35. The molecule has 7 nitrogen and oxygen atoms in total. The first-order chi connectivity index (χ1) is 11.6. The van der Waals surface area contributed by atoms with Crippen LogP contribution in [0.1, 0.15) is 12.5 Å². The second-order valence-electron chi connectivity index (χ2n) is 4.91. The number of benzene rings is 2. The summed E-state index contributed by atoms with van der Waals surface area (Å²) in [6.07, 6.45) is 0. The average molecular weight is 335 g/mol. The minimum atomic E-state index is -0.430. The predicted molar refractivity (Wildman–Crippen MR) is 88.8 cm³/mol. The van der Waals surface area contributed by atoms with Crippen LogP contribution in [0.5, 0.6) is 23.0 Å². The highest BCUT2D eigenvalue weighted by Gasteiger charge is 2.20. The van der Waals surface area contributed by atoms with Gasteiger partial charge >= 0.3 is 5.97 Å². The monoisotopic (exact) mass is 335 g/mol. The lowest BCUT2D eigenvalue weighted by atomic mass is 10.0. The molecule has 0 saturated heterocycles. The molecule has 1 N–H and O–H groups in total. The number of hydrogen-bond donors (Lipinski definition) is 1. The van der Waals surface area contributed by atoms with Crippen molar-refractivity contribution in [3.8, 4) is 23.0 Å². The summed E-state index contributed by atoms with van der Waals surface area (Å²) < 4.78 is 22.0. The van der Waals surface area contributed by atoms with Crippen LogP contribution in [0.2, 0.25) is 0 Å². The van der Waals surface area contributed by atoms with E-state index in [1.807, 2.05) is 0 Å². The lowest BCUT2D eigenvalue weighted by Gasteiger charge is -2.19. The maximum absolute atomic E-state index is 10.9. The number of rotatable bonds is 7. The van der Waals surface area contributed by atoms with E-state index in [9.17, 15) is 4.79 Å². The Labute approximate surface area is 140 Å². The van der Waals surface area contributed by atoms with Crippen molar-refractivity contribution < 1.29 is 28.6 Å². The van der Waals surface area contributed by atoms with Crippen LogP contribution in [-0.2, 0) is 16.2 Å². The molecule has 0 atom stereocenters. The van der Waals surface area contributed by atoms with Crippen LogP contribution in [0.3, 0.4) is 0 Å². The molecule has 0 aromatic heterocycles. The molecule has 0 bridgehead atoms. The Kier molecular flexibility index (Phi) is 5.70. The van der Waals surface area contributed by atoms with Crippen molar-refractivity contribution in [1.29, 1.82) is 0 Å². The number of ether oxygens (including phenoxy) is 4. The Morgan fingerprint density at radius 1 is 0.917 bits per heavy atom. The molecule has 2 aromatic carbocycles. The standard InChI is InChI=1S/C17H21NO6/c1-10(19)24-18-9-11-8-14(22-4)15-12(20-2)6-7-13(21-3)16(15)17(11)23-5/h6-8,18H,9H2,1-5H3. The lowest BCUT2D eigenvalue weighted by Crippen LogP contribution is -2.18. The van der Waals surface area contributed by atoms with Crippen LogP contribution in [0.15, 0.2) is 18.2 Å². The van der Waals surface area contributed by atoms with E-state index in [0.717, 1.165) is 16.3 Å². The van der Waals surface area contributed by atoms with E-state index in [1.54, 1.807) is 46.6 Å². The summed E-state index contributed by atoms with van der Waals surface area (Å²) in [6.45, 7) is 1.56. The van der Waals surface area contributed by atoms with Crippen molar-refractivity contribution in [2.24, 2.45) is 0 Å². The number of carbonyl (C=O) groups is 1. The van der Waals surface area contributed by atoms with Crippen molar-refractivity contribution in [2.45, 2.75) is 13.5 Å². The molecule has 24 heavy (non-hydrogen) atoms. The molecule has 0 heterocycles. The molecule has 0 aliphatic heterocycles. The Morgan fingerprint density at radius 3 is 2.00 bits per heavy atom. The summed E-state index contributed by atoms with van der Waals surface area (Å²) in [4.78, 5) is 15.7. The number of hydroxylamine groups is 1. The minimum absolute atomic E-state index is 0.245. The number of carbonyl (C=O) groups excluding carboxylic acids is 1. The van der Waals surface area contributed by atoms with E-state index in [2.05, 4.69) is 5.48 Å². The van der Waals surface area contributed by atoms with E-state index >= 15 is 0 Å².